The zero-order chi connectivity index (χ0) is 12.3. The predicted octanol–water partition coefficient (Wildman–Crippen LogP) is 1.30. The third kappa shape index (κ3) is 3.13. The molecule has 94 valence electrons. The van der Waals surface area contributed by atoms with Gasteiger partial charge in [-0.1, -0.05) is 0 Å². The summed E-state index contributed by atoms with van der Waals surface area (Å²) in [6.45, 7) is -0.597. The minimum absolute atomic E-state index is 0.0609. The lowest BCUT2D eigenvalue weighted by atomic mass is 10.0. The van der Waals surface area contributed by atoms with Crippen LogP contribution >= 0.6 is 11.3 Å². The second-order valence-electron chi connectivity index (χ2n) is 3.73. The normalized spacial score (nSPS) is 15.7. The number of ether oxygens (including phenoxy) is 1. The maximum atomic E-state index is 12.1. The average molecular weight is 262 g/mol. The highest BCUT2D eigenvalue weighted by Gasteiger charge is 2.20. The summed E-state index contributed by atoms with van der Waals surface area (Å²) in [5, 5.41) is 7.34. The fourth-order valence-electron chi connectivity index (χ4n) is 1.46. The molecule has 0 bridgehead atoms. The molecule has 7 heteroatoms. The summed E-state index contributed by atoms with van der Waals surface area (Å²) in [6, 6.07) is 1.37. The molecule has 1 saturated heterocycles. The Labute approximate surface area is 101 Å². The van der Waals surface area contributed by atoms with Crippen LogP contribution in [0, 0.1) is 5.92 Å². The van der Waals surface area contributed by atoms with Gasteiger partial charge in [0.2, 0.25) is 0 Å². The van der Waals surface area contributed by atoms with Crippen molar-refractivity contribution in [2.45, 2.75) is 6.61 Å². The molecule has 1 aliphatic rings. The highest BCUT2D eigenvalue weighted by Crippen LogP contribution is 2.26. The van der Waals surface area contributed by atoms with E-state index in [1.165, 1.54) is 6.07 Å². The Hall–Kier alpha value is -1.21. The number of carbonyl (C=O) groups is 1. The molecule has 1 aromatic heterocycles. The van der Waals surface area contributed by atoms with Gasteiger partial charge in [0.25, 0.3) is 5.91 Å². The molecule has 0 atom stereocenters. The van der Waals surface area contributed by atoms with Crippen molar-refractivity contribution in [1.29, 1.82) is 0 Å². The quantitative estimate of drug-likeness (QED) is 0.841. The van der Waals surface area contributed by atoms with Crippen LogP contribution in [0.2, 0.25) is 0 Å². The van der Waals surface area contributed by atoms with Crippen LogP contribution in [0.4, 0.5) is 8.78 Å². The summed E-state index contributed by atoms with van der Waals surface area (Å²) in [7, 11) is 0. The third-order valence-corrected chi connectivity index (χ3v) is 3.36. The van der Waals surface area contributed by atoms with Crippen LogP contribution in [0.25, 0.3) is 0 Å². The van der Waals surface area contributed by atoms with Crippen LogP contribution < -0.4 is 15.4 Å². The van der Waals surface area contributed by atoms with Gasteiger partial charge in [-0.2, -0.15) is 8.78 Å². The van der Waals surface area contributed by atoms with Gasteiger partial charge in [0.1, 0.15) is 10.6 Å². The molecule has 2 heterocycles. The van der Waals surface area contributed by atoms with Gasteiger partial charge in [0.05, 0.1) is 0 Å². The molecule has 1 aliphatic heterocycles. The summed E-state index contributed by atoms with van der Waals surface area (Å²) in [4.78, 5) is 11.9. The number of nitrogens with one attached hydrogen (secondary N) is 2. The molecule has 1 fully saturated rings. The molecular weight excluding hydrogens is 250 g/mol. The summed E-state index contributed by atoms with van der Waals surface area (Å²) in [5.41, 5.74) is 0. The van der Waals surface area contributed by atoms with Crippen molar-refractivity contribution in [2.75, 3.05) is 19.6 Å². The molecule has 2 N–H and O–H groups in total. The van der Waals surface area contributed by atoms with Gasteiger partial charge in [-0.05, 0) is 11.4 Å². The van der Waals surface area contributed by atoms with E-state index in [1.54, 1.807) is 5.38 Å². The number of alkyl halides is 2. The van der Waals surface area contributed by atoms with Crippen LogP contribution in [0.1, 0.15) is 9.67 Å². The minimum Gasteiger partial charge on any atom is -0.433 e. The first-order valence-corrected chi connectivity index (χ1v) is 6.06. The lowest BCUT2D eigenvalue weighted by molar-refractivity contribution is -0.0498. The fraction of sp³-hybridized carbons (Fsp3) is 0.500. The Kier molecular flexibility index (Phi) is 3.90. The monoisotopic (exact) mass is 262 g/mol. The van der Waals surface area contributed by atoms with Crippen molar-refractivity contribution in [3.8, 4) is 5.75 Å². The zero-order valence-electron chi connectivity index (χ0n) is 8.91. The van der Waals surface area contributed by atoms with Crippen molar-refractivity contribution in [3.05, 3.63) is 16.3 Å². The van der Waals surface area contributed by atoms with Crippen molar-refractivity contribution >= 4 is 17.2 Å². The van der Waals surface area contributed by atoms with E-state index in [1.807, 2.05) is 0 Å². The Morgan fingerprint density at radius 2 is 2.41 bits per heavy atom. The van der Waals surface area contributed by atoms with Gasteiger partial charge in [0.15, 0.2) is 0 Å². The number of thiophene rings is 1. The second kappa shape index (κ2) is 5.42. The number of carbonyl (C=O) groups excluding carboxylic acids is 1. The van der Waals surface area contributed by atoms with E-state index in [0.29, 0.717) is 12.5 Å². The highest BCUT2D eigenvalue weighted by molar-refractivity contribution is 7.12. The molecule has 4 nitrogen and oxygen atoms in total. The van der Waals surface area contributed by atoms with E-state index in [0.717, 1.165) is 24.4 Å². The van der Waals surface area contributed by atoms with Crippen LogP contribution in [0.5, 0.6) is 5.75 Å². The SMILES string of the molecule is O=C(NCC1CNC1)c1sccc1OC(F)F. The first kappa shape index (κ1) is 12.3. The maximum Gasteiger partial charge on any atom is 0.387 e. The molecule has 0 aromatic carbocycles. The Morgan fingerprint density at radius 1 is 1.65 bits per heavy atom. The smallest absolute Gasteiger partial charge is 0.387 e. The van der Waals surface area contributed by atoms with E-state index < -0.39 is 6.61 Å². The Bertz CT molecular complexity index is 393. The summed E-state index contributed by atoms with van der Waals surface area (Å²) >= 11 is 1.09. The molecule has 17 heavy (non-hydrogen) atoms. The molecule has 0 saturated carbocycles. The van der Waals surface area contributed by atoms with Gasteiger partial charge in [-0.25, -0.2) is 0 Å². The molecule has 0 aliphatic carbocycles. The number of halogens is 2. The fourth-order valence-corrected chi connectivity index (χ4v) is 2.20. The Morgan fingerprint density at radius 3 is 3.00 bits per heavy atom. The second-order valence-corrected chi connectivity index (χ2v) is 4.64. The van der Waals surface area contributed by atoms with Crippen molar-refractivity contribution in [1.82, 2.24) is 10.6 Å². The van der Waals surface area contributed by atoms with Crippen LogP contribution in [-0.4, -0.2) is 32.2 Å². The molecular formula is C10H12F2N2O2S. The van der Waals surface area contributed by atoms with Crippen molar-refractivity contribution in [3.63, 3.8) is 0 Å². The summed E-state index contributed by atoms with van der Waals surface area (Å²) in [6.07, 6.45) is 0. The van der Waals surface area contributed by atoms with Gasteiger partial charge in [0, 0.05) is 25.6 Å². The van der Waals surface area contributed by atoms with E-state index in [4.69, 9.17) is 0 Å². The van der Waals surface area contributed by atoms with Crippen molar-refractivity contribution in [2.24, 2.45) is 5.92 Å². The molecule has 0 radical (unpaired) electrons. The van der Waals surface area contributed by atoms with E-state index in [9.17, 15) is 13.6 Å². The largest absolute Gasteiger partial charge is 0.433 e. The molecule has 2 rings (SSSR count). The molecule has 0 unspecified atom stereocenters. The maximum absolute atomic E-state index is 12.1. The van der Waals surface area contributed by atoms with Crippen LogP contribution in [0.15, 0.2) is 11.4 Å². The van der Waals surface area contributed by atoms with Crippen LogP contribution in [0.3, 0.4) is 0 Å². The summed E-state index contributed by atoms with van der Waals surface area (Å²) in [5.74, 6) is 0.00941. The predicted molar refractivity (Wildman–Crippen MR) is 59.6 cm³/mol. The third-order valence-electron chi connectivity index (χ3n) is 2.47. The topological polar surface area (TPSA) is 50.4 Å². The molecule has 1 amide bonds. The zero-order valence-corrected chi connectivity index (χ0v) is 9.73. The molecule has 1 aromatic rings. The Balaban J connectivity index is 1.90. The number of hydrogen-bond acceptors (Lipinski definition) is 4. The van der Waals surface area contributed by atoms with E-state index in [-0.39, 0.29) is 16.5 Å². The summed E-state index contributed by atoms with van der Waals surface area (Å²) < 4.78 is 28.4. The van der Waals surface area contributed by atoms with Gasteiger partial charge >= 0.3 is 6.61 Å². The minimum atomic E-state index is -2.91. The average Bonchev–Trinajstić information content (AvgIpc) is 2.62. The van der Waals surface area contributed by atoms with Gasteiger partial charge in [-0.3, -0.25) is 4.79 Å². The highest BCUT2D eigenvalue weighted by atomic mass is 32.1. The van der Waals surface area contributed by atoms with E-state index >= 15 is 0 Å². The standard InChI is InChI=1S/C10H12F2N2O2S/c11-10(12)16-7-1-2-17-8(7)9(15)14-5-6-3-13-4-6/h1-2,6,10,13H,3-5H2,(H,14,15). The first-order chi connectivity index (χ1) is 8.16. The molecule has 0 spiro atoms. The van der Waals surface area contributed by atoms with Crippen LogP contribution in [-0.2, 0) is 0 Å². The van der Waals surface area contributed by atoms with E-state index in [2.05, 4.69) is 15.4 Å². The van der Waals surface area contributed by atoms with Gasteiger partial charge < -0.3 is 15.4 Å². The first-order valence-electron chi connectivity index (χ1n) is 5.18. The number of amides is 1. The number of hydrogen-bond donors (Lipinski definition) is 2. The lowest BCUT2D eigenvalue weighted by Crippen LogP contribution is -2.48. The van der Waals surface area contributed by atoms with Gasteiger partial charge in [-0.15, -0.1) is 11.3 Å². The van der Waals surface area contributed by atoms with Crippen molar-refractivity contribution < 1.29 is 18.3 Å². The lowest BCUT2D eigenvalue weighted by Gasteiger charge is -2.26. The number of rotatable bonds is 5.